The Labute approximate surface area is 113 Å². The van der Waals surface area contributed by atoms with Gasteiger partial charge < -0.3 is 4.90 Å². The molecular weight excluding hydrogens is 278 g/mol. The summed E-state index contributed by atoms with van der Waals surface area (Å²) in [5, 5.41) is 0. The first-order valence-electron chi connectivity index (χ1n) is 7.17. The van der Waals surface area contributed by atoms with Gasteiger partial charge >= 0.3 is 0 Å². The highest BCUT2D eigenvalue weighted by molar-refractivity contribution is 9.09. The van der Waals surface area contributed by atoms with E-state index in [0.29, 0.717) is 22.8 Å². The van der Waals surface area contributed by atoms with Gasteiger partial charge in [0.1, 0.15) is 0 Å². The summed E-state index contributed by atoms with van der Waals surface area (Å²) in [6, 6.07) is 1.08. The van der Waals surface area contributed by atoms with Crippen molar-refractivity contribution >= 4 is 21.8 Å². The van der Waals surface area contributed by atoms with Gasteiger partial charge in [-0.3, -0.25) is 4.79 Å². The van der Waals surface area contributed by atoms with Gasteiger partial charge in [-0.05, 0) is 32.1 Å². The molecule has 2 atom stereocenters. The van der Waals surface area contributed by atoms with Crippen LogP contribution in [0, 0.1) is 0 Å². The van der Waals surface area contributed by atoms with Gasteiger partial charge in [-0.1, -0.05) is 42.1 Å². The smallest absolute Gasteiger partial charge is 0.223 e. The maximum atomic E-state index is 12.2. The SMILES string of the molecule is CCCCCCC(=O)N1C2CCC1CC(Br)C2. The minimum Gasteiger partial charge on any atom is -0.337 e. The van der Waals surface area contributed by atoms with Gasteiger partial charge in [0.15, 0.2) is 0 Å². The number of fused-ring (bicyclic) bond motifs is 2. The molecule has 2 unspecified atom stereocenters. The molecule has 2 aliphatic rings. The summed E-state index contributed by atoms with van der Waals surface area (Å²) in [5.74, 6) is 0.424. The number of carbonyl (C=O) groups is 1. The van der Waals surface area contributed by atoms with Crippen LogP contribution in [0.2, 0.25) is 0 Å². The molecule has 2 nitrogen and oxygen atoms in total. The van der Waals surface area contributed by atoms with Gasteiger partial charge in [-0.15, -0.1) is 0 Å². The normalized spacial score (nSPS) is 31.9. The average Bonchev–Trinajstić information content (AvgIpc) is 2.57. The van der Waals surface area contributed by atoms with Crippen LogP contribution in [-0.4, -0.2) is 27.7 Å². The van der Waals surface area contributed by atoms with Crippen LogP contribution in [0.1, 0.15) is 64.7 Å². The molecule has 3 heteroatoms. The summed E-state index contributed by atoms with van der Waals surface area (Å²) in [4.78, 5) is 15.1. The number of piperidine rings is 1. The molecule has 2 rings (SSSR count). The van der Waals surface area contributed by atoms with Crippen molar-refractivity contribution in [2.45, 2.75) is 81.6 Å². The Morgan fingerprint density at radius 3 is 2.41 bits per heavy atom. The van der Waals surface area contributed by atoms with Crippen molar-refractivity contribution < 1.29 is 4.79 Å². The fourth-order valence-corrected chi connectivity index (χ4v) is 4.21. The van der Waals surface area contributed by atoms with E-state index in [2.05, 4.69) is 27.8 Å². The average molecular weight is 302 g/mol. The van der Waals surface area contributed by atoms with E-state index in [1.807, 2.05) is 0 Å². The number of alkyl halides is 1. The van der Waals surface area contributed by atoms with Crippen LogP contribution >= 0.6 is 15.9 Å². The zero-order chi connectivity index (χ0) is 12.3. The third-order valence-corrected chi connectivity index (χ3v) is 4.96. The predicted molar refractivity (Wildman–Crippen MR) is 74.4 cm³/mol. The second-order valence-electron chi connectivity index (χ2n) is 5.57. The maximum Gasteiger partial charge on any atom is 0.223 e. The van der Waals surface area contributed by atoms with Crippen LogP contribution < -0.4 is 0 Å². The Morgan fingerprint density at radius 1 is 1.18 bits per heavy atom. The Hall–Kier alpha value is -0.0500. The molecule has 2 heterocycles. The number of hydrogen-bond acceptors (Lipinski definition) is 1. The van der Waals surface area contributed by atoms with E-state index in [-0.39, 0.29) is 0 Å². The summed E-state index contributed by atoms with van der Waals surface area (Å²) in [5.41, 5.74) is 0. The van der Waals surface area contributed by atoms with Crippen LogP contribution in [0.3, 0.4) is 0 Å². The zero-order valence-electron chi connectivity index (χ0n) is 10.8. The lowest BCUT2D eigenvalue weighted by atomic mass is 10.0. The highest BCUT2D eigenvalue weighted by atomic mass is 79.9. The summed E-state index contributed by atoms with van der Waals surface area (Å²) in [7, 11) is 0. The fourth-order valence-electron chi connectivity index (χ4n) is 3.35. The molecule has 0 aromatic rings. The molecule has 2 aliphatic heterocycles. The monoisotopic (exact) mass is 301 g/mol. The van der Waals surface area contributed by atoms with Crippen LogP contribution in [0.4, 0.5) is 0 Å². The molecule has 0 radical (unpaired) electrons. The first kappa shape index (κ1) is 13.4. The molecule has 2 bridgehead atoms. The van der Waals surface area contributed by atoms with Gasteiger partial charge in [0.2, 0.25) is 5.91 Å². The van der Waals surface area contributed by atoms with Crippen molar-refractivity contribution in [2.24, 2.45) is 0 Å². The molecule has 98 valence electrons. The lowest BCUT2D eigenvalue weighted by molar-refractivity contribution is -0.135. The minimum atomic E-state index is 0.424. The molecule has 2 fully saturated rings. The predicted octanol–water partition coefficient (Wildman–Crippen LogP) is 3.87. The number of unbranched alkanes of at least 4 members (excludes halogenated alkanes) is 3. The van der Waals surface area contributed by atoms with Gasteiger partial charge in [0.05, 0.1) is 0 Å². The molecule has 17 heavy (non-hydrogen) atoms. The zero-order valence-corrected chi connectivity index (χ0v) is 12.4. The van der Waals surface area contributed by atoms with E-state index in [0.717, 1.165) is 25.7 Å². The number of rotatable bonds is 5. The third-order valence-electron chi connectivity index (χ3n) is 4.21. The summed E-state index contributed by atoms with van der Waals surface area (Å²) in [6.45, 7) is 2.21. The Kier molecular flexibility index (Phi) is 4.89. The molecule has 0 aliphatic carbocycles. The summed E-state index contributed by atoms with van der Waals surface area (Å²) >= 11 is 3.72. The van der Waals surface area contributed by atoms with Crippen LogP contribution in [0.15, 0.2) is 0 Å². The molecule has 0 aromatic carbocycles. The van der Waals surface area contributed by atoms with Crippen molar-refractivity contribution in [2.75, 3.05) is 0 Å². The molecule has 2 saturated heterocycles. The van der Waals surface area contributed by atoms with E-state index in [9.17, 15) is 4.79 Å². The number of hydrogen-bond donors (Lipinski definition) is 0. The van der Waals surface area contributed by atoms with Crippen LogP contribution in [0.25, 0.3) is 0 Å². The van der Waals surface area contributed by atoms with Crippen LogP contribution in [0.5, 0.6) is 0 Å². The maximum absolute atomic E-state index is 12.2. The third kappa shape index (κ3) is 3.24. The lowest BCUT2D eigenvalue weighted by Crippen LogP contribution is -2.46. The van der Waals surface area contributed by atoms with E-state index in [1.165, 1.54) is 32.1 Å². The standard InChI is InChI=1S/C14H24BrNO/c1-2-3-4-5-6-14(17)16-12-7-8-13(16)10-11(15)9-12/h11-13H,2-10H2,1H3. The molecule has 0 saturated carbocycles. The van der Waals surface area contributed by atoms with E-state index < -0.39 is 0 Å². The molecule has 0 spiro atoms. The number of amides is 1. The Morgan fingerprint density at radius 2 is 1.82 bits per heavy atom. The number of nitrogens with zero attached hydrogens (tertiary/aromatic N) is 1. The number of carbonyl (C=O) groups excluding carboxylic acids is 1. The van der Waals surface area contributed by atoms with E-state index in [1.54, 1.807) is 0 Å². The first-order chi connectivity index (χ1) is 8.22. The van der Waals surface area contributed by atoms with Crippen molar-refractivity contribution in [1.29, 1.82) is 0 Å². The Balaban J connectivity index is 1.80. The second kappa shape index (κ2) is 6.21. The summed E-state index contributed by atoms with van der Waals surface area (Å²) in [6.07, 6.45) is 10.4. The number of halogens is 1. The fraction of sp³-hybridized carbons (Fsp3) is 0.929. The van der Waals surface area contributed by atoms with E-state index in [4.69, 9.17) is 0 Å². The molecule has 1 amide bonds. The van der Waals surface area contributed by atoms with Gasteiger partial charge in [0, 0.05) is 23.3 Å². The summed E-state index contributed by atoms with van der Waals surface area (Å²) < 4.78 is 0. The first-order valence-corrected chi connectivity index (χ1v) is 8.09. The second-order valence-corrected chi connectivity index (χ2v) is 6.86. The topological polar surface area (TPSA) is 20.3 Å². The van der Waals surface area contributed by atoms with Crippen molar-refractivity contribution in [3.8, 4) is 0 Å². The van der Waals surface area contributed by atoms with Crippen molar-refractivity contribution in [3.63, 3.8) is 0 Å². The van der Waals surface area contributed by atoms with Gasteiger partial charge in [0.25, 0.3) is 0 Å². The Bertz CT molecular complexity index is 255. The quantitative estimate of drug-likeness (QED) is 0.557. The molecule has 0 N–H and O–H groups in total. The van der Waals surface area contributed by atoms with Crippen molar-refractivity contribution in [1.82, 2.24) is 4.90 Å². The van der Waals surface area contributed by atoms with Crippen molar-refractivity contribution in [3.05, 3.63) is 0 Å². The van der Waals surface area contributed by atoms with Gasteiger partial charge in [-0.25, -0.2) is 0 Å². The lowest BCUT2D eigenvalue weighted by Gasteiger charge is -2.37. The molecular formula is C14H24BrNO. The van der Waals surface area contributed by atoms with E-state index >= 15 is 0 Å². The largest absolute Gasteiger partial charge is 0.337 e. The van der Waals surface area contributed by atoms with Gasteiger partial charge in [-0.2, -0.15) is 0 Å². The highest BCUT2D eigenvalue weighted by Crippen LogP contribution is 2.38. The minimum absolute atomic E-state index is 0.424. The highest BCUT2D eigenvalue weighted by Gasteiger charge is 2.41. The van der Waals surface area contributed by atoms with Crippen LogP contribution in [-0.2, 0) is 4.79 Å². The molecule has 0 aromatic heterocycles.